The molecule has 1 atom stereocenters. The molecule has 0 aliphatic carbocycles. The maximum absolute atomic E-state index is 12.5. The van der Waals surface area contributed by atoms with Gasteiger partial charge in [0, 0.05) is 20.7 Å². The molecule has 0 radical (unpaired) electrons. The fraction of sp³-hybridized carbons (Fsp3) is 0.158. The van der Waals surface area contributed by atoms with Gasteiger partial charge in [-0.1, -0.05) is 53.8 Å². The van der Waals surface area contributed by atoms with Gasteiger partial charge in [0.15, 0.2) is 0 Å². The van der Waals surface area contributed by atoms with E-state index in [9.17, 15) is 5.11 Å². The third-order valence-corrected chi connectivity index (χ3v) is 5.91. The average Bonchev–Trinajstić information content (AvgIpc) is 2.97. The summed E-state index contributed by atoms with van der Waals surface area (Å²) in [7, 11) is 0. The number of aliphatic hydroxyl groups excluding tert-OH is 1. The van der Waals surface area contributed by atoms with E-state index in [4.69, 9.17) is 16.7 Å². The van der Waals surface area contributed by atoms with Gasteiger partial charge in [-0.15, -0.1) is 11.3 Å². The van der Waals surface area contributed by atoms with Crippen molar-refractivity contribution in [1.82, 2.24) is 0 Å². The Morgan fingerprint density at radius 3 is 2.52 bits per heavy atom. The summed E-state index contributed by atoms with van der Waals surface area (Å²) in [6, 6.07) is 13.8. The van der Waals surface area contributed by atoms with E-state index in [0.717, 1.165) is 31.8 Å². The maximum atomic E-state index is 12.5. The summed E-state index contributed by atoms with van der Waals surface area (Å²) in [5.41, 5.74) is 3.74. The van der Waals surface area contributed by atoms with Crippen molar-refractivity contribution in [2.45, 2.75) is 19.6 Å². The molecule has 1 unspecified atom stereocenters. The fourth-order valence-electron chi connectivity index (χ4n) is 2.98. The first-order valence-corrected chi connectivity index (χ1v) is 8.88. The molecule has 0 fully saturated rings. The van der Waals surface area contributed by atoms with Crippen molar-refractivity contribution >= 4 is 43.8 Å². The van der Waals surface area contributed by atoms with Gasteiger partial charge >= 0.3 is 29.6 Å². The van der Waals surface area contributed by atoms with Crippen molar-refractivity contribution in [3.05, 3.63) is 58.6 Å². The van der Waals surface area contributed by atoms with Crippen molar-refractivity contribution < 1.29 is 39.8 Å². The monoisotopic (exact) mass is 379 g/mol. The minimum Gasteiger partial charge on any atom is -0.871 e. The molecule has 1 aliphatic rings. The minimum atomic E-state index is -0.148. The number of hydrogen-bond donors (Lipinski definition) is 2. The van der Waals surface area contributed by atoms with Crippen LogP contribution in [-0.4, -0.2) is 11.1 Å². The van der Waals surface area contributed by atoms with Crippen molar-refractivity contribution in [2.24, 2.45) is 0 Å². The Morgan fingerprint density at radius 1 is 1.16 bits per heavy atom. The number of anilines is 1. The van der Waals surface area contributed by atoms with Crippen LogP contribution in [0, 0.1) is 0 Å². The molecule has 0 bridgehead atoms. The van der Waals surface area contributed by atoms with Crippen LogP contribution in [0.5, 0.6) is 0 Å². The van der Waals surface area contributed by atoms with E-state index >= 15 is 0 Å². The largest absolute Gasteiger partial charge is 1.00 e. The van der Waals surface area contributed by atoms with Crippen LogP contribution in [0.3, 0.4) is 0 Å². The van der Waals surface area contributed by atoms with Crippen LogP contribution in [0.4, 0.5) is 5.00 Å². The smallest absolute Gasteiger partial charge is 0.871 e. The van der Waals surface area contributed by atoms with Crippen LogP contribution in [-0.2, 0) is 6.61 Å². The van der Waals surface area contributed by atoms with E-state index in [0.29, 0.717) is 10.6 Å². The van der Waals surface area contributed by atoms with Gasteiger partial charge in [0.05, 0.1) is 17.6 Å². The Morgan fingerprint density at radius 2 is 1.84 bits per heavy atom. The van der Waals surface area contributed by atoms with E-state index in [1.165, 1.54) is 0 Å². The summed E-state index contributed by atoms with van der Waals surface area (Å²) in [5.74, 6) is -0.0794. The van der Waals surface area contributed by atoms with Gasteiger partial charge in [-0.2, -0.15) is 0 Å². The number of hydrogen-bond acceptors (Lipinski definition) is 4. The zero-order valence-electron chi connectivity index (χ0n) is 14.0. The predicted octanol–water partition coefficient (Wildman–Crippen LogP) is 1.15. The standard InChI is InChI=1S/C19H16ClNO2S.Na/c1-10-17(20)18(23)16-14-7-6-13(8-15(14)24-19(16)21-10)12-4-2-11(9-22)3-5-12;/h2-8,10,21-23H,9H2,1H3;/q;+1/p-1. The Balaban J connectivity index is 0.00000182. The van der Waals surface area contributed by atoms with Gasteiger partial charge in [0.1, 0.15) is 0 Å². The molecule has 0 spiro atoms. The summed E-state index contributed by atoms with van der Waals surface area (Å²) in [4.78, 5) is 0. The second-order valence-corrected chi connectivity index (χ2v) is 7.37. The molecule has 0 saturated carbocycles. The molecule has 3 nitrogen and oxygen atoms in total. The molecule has 6 heteroatoms. The third kappa shape index (κ3) is 3.23. The van der Waals surface area contributed by atoms with Crippen LogP contribution in [0.15, 0.2) is 47.5 Å². The second-order valence-electron chi connectivity index (χ2n) is 5.92. The molecule has 2 N–H and O–H groups in total. The molecule has 1 aromatic heterocycles. The minimum absolute atomic E-state index is 0. The predicted molar refractivity (Wildman–Crippen MR) is 99.0 cm³/mol. The summed E-state index contributed by atoms with van der Waals surface area (Å²) in [5, 5.41) is 27.1. The molecule has 2 aromatic carbocycles. The number of nitrogens with one attached hydrogen (secondary N) is 1. The van der Waals surface area contributed by atoms with Crippen LogP contribution < -0.4 is 40.0 Å². The van der Waals surface area contributed by atoms with Crippen molar-refractivity contribution in [3.63, 3.8) is 0 Å². The van der Waals surface area contributed by atoms with Crippen LogP contribution in [0.25, 0.3) is 27.0 Å². The summed E-state index contributed by atoms with van der Waals surface area (Å²) >= 11 is 7.73. The van der Waals surface area contributed by atoms with Crippen molar-refractivity contribution in [3.8, 4) is 11.1 Å². The number of halogens is 1. The molecule has 0 amide bonds. The molecule has 4 rings (SSSR count). The van der Waals surface area contributed by atoms with Crippen LogP contribution in [0.1, 0.15) is 18.1 Å². The molecule has 122 valence electrons. The topological polar surface area (TPSA) is 55.3 Å². The van der Waals surface area contributed by atoms with Gasteiger partial charge in [-0.05, 0) is 29.7 Å². The van der Waals surface area contributed by atoms with Gasteiger partial charge in [0.2, 0.25) is 0 Å². The first-order chi connectivity index (χ1) is 11.6. The first-order valence-electron chi connectivity index (χ1n) is 7.69. The Hall–Kier alpha value is -1.01. The van der Waals surface area contributed by atoms with Crippen molar-refractivity contribution in [2.75, 3.05) is 5.32 Å². The van der Waals surface area contributed by atoms with E-state index in [-0.39, 0.29) is 48.0 Å². The van der Waals surface area contributed by atoms with Gasteiger partial charge in [0.25, 0.3) is 0 Å². The summed E-state index contributed by atoms with van der Waals surface area (Å²) < 4.78 is 1.06. The van der Waals surface area contributed by atoms with E-state index < -0.39 is 0 Å². The number of aliphatic hydroxyl groups is 1. The number of thiophene rings is 1. The van der Waals surface area contributed by atoms with Gasteiger partial charge in [-0.25, -0.2) is 0 Å². The molecule has 25 heavy (non-hydrogen) atoms. The molecule has 3 aromatic rings. The second kappa shape index (κ2) is 7.31. The Labute approximate surface area is 177 Å². The molecule has 0 saturated heterocycles. The SMILES string of the molecule is CC1Nc2sc3cc(-c4ccc(CO)cc4)ccc3c2C([O-])=C1Cl.[Na+]. The van der Waals surface area contributed by atoms with E-state index in [2.05, 4.69) is 11.4 Å². The van der Waals surface area contributed by atoms with Gasteiger partial charge in [-0.3, -0.25) is 0 Å². The molecule has 1 aliphatic heterocycles. The van der Waals surface area contributed by atoms with E-state index in [1.807, 2.05) is 43.3 Å². The molecular formula is C19H15ClNNaO2S. The third-order valence-electron chi connectivity index (χ3n) is 4.33. The van der Waals surface area contributed by atoms with Gasteiger partial charge < -0.3 is 15.5 Å². The quantitative estimate of drug-likeness (QED) is 0.657. The Bertz CT molecular complexity index is 965. The van der Waals surface area contributed by atoms with Crippen molar-refractivity contribution in [1.29, 1.82) is 0 Å². The maximum Gasteiger partial charge on any atom is 1.00 e. The number of rotatable bonds is 2. The number of benzene rings is 2. The zero-order chi connectivity index (χ0) is 16.8. The normalized spacial score (nSPS) is 16.4. The molecule has 2 heterocycles. The number of fused-ring (bicyclic) bond motifs is 3. The van der Waals surface area contributed by atoms with Crippen LogP contribution in [0.2, 0.25) is 0 Å². The fourth-order valence-corrected chi connectivity index (χ4v) is 4.36. The summed E-state index contributed by atoms with van der Waals surface area (Å²) in [6.45, 7) is 1.93. The molecular weight excluding hydrogens is 365 g/mol. The van der Waals surface area contributed by atoms with E-state index in [1.54, 1.807) is 11.3 Å². The average molecular weight is 380 g/mol. The first kappa shape index (κ1) is 18.8. The van der Waals surface area contributed by atoms with Crippen LogP contribution >= 0.6 is 22.9 Å². The summed E-state index contributed by atoms with van der Waals surface area (Å²) in [6.07, 6.45) is 0. The Kier molecular flexibility index (Phi) is 5.49. The zero-order valence-corrected chi connectivity index (χ0v) is 17.5.